The maximum Gasteiger partial charge on any atom is 0.207 e. The van der Waals surface area contributed by atoms with E-state index in [-0.39, 0.29) is 16.8 Å². The van der Waals surface area contributed by atoms with Gasteiger partial charge in [0.2, 0.25) is 6.04 Å². The molecule has 2 nitrogen and oxygen atoms in total. The number of quaternary nitrogens is 2. The van der Waals surface area contributed by atoms with Gasteiger partial charge in [0.25, 0.3) is 0 Å². The fourth-order valence-electron chi connectivity index (χ4n) is 6.11. The number of halogens is 1. The predicted molar refractivity (Wildman–Crippen MR) is 120 cm³/mol. The maximum atomic E-state index is 16.7. The first-order valence-corrected chi connectivity index (χ1v) is 11.0. The molecule has 3 heteroatoms. The highest BCUT2D eigenvalue weighted by molar-refractivity contribution is 5.88. The molecule has 3 heterocycles. The average molecular weight is 399 g/mol. The van der Waals surface area contributed by atoms with Gasteiger partial charge in [-0.15, -0.1) is 4.71 Å². The molecule has 0 spiro atoms. The lowest BCUT2D eigenvalue weighted by molar-refractivity contribution is -1.18. The van der Waals surface area contributed by atoms with Crippen LogP contribution in [-0.4, -0.2) is 42.4 Å². The van der Waals surface area contributed by atoms with Crippen LogP contribution >= 0.6 is 0 Å². The first-order chi connectivity index (χ1) is 14.6. The fraction of sp³-hybridized carbons (Fsp3) is 0.259. The molecule has 0 aromatic heterocycles. The molecule has 0 amide bonds. The monoisotopic (exact) mass is 398 g/mol. The van der Waals surface area contributed by atoms with Crippen LogP contribution in [0.4, 0.5) is 4.48 Å². The van der Waals surface area contributed by atoms with Crippen LogP contribution in [-0.2, 0) is 0 Å². The van der Waals surface area contributed by atoms with Crippen molar-refractivity contribution in [3.05, 3.63) is 96.1 Å². The molecule has 4 aromatic carbocycles. The first-order valence-electron chi connectivity index (χ1n) is 11.0. The van der Waals surface area contributed by atoms with E-state index in [1.165, 1.54) is 27.1 Å². The zero-order valence-electron chi connectivity index (χ0n) is 17.3. The molecule has 150 valence electrons. The van der Waals surface area contributed by atoms with Gasteiger partial charge in [-0.2, -0.15) is 0 Å². The number of benzene rings is 4. The van der Waals surface area contributed by atoms with Crippen LogP contribution in [0.15, 0.2) is 84.9 Å². The minimum Gasteiger partial charge on any atom is -0.305 e. The van der Waals surface area contributed by atoms with E-state index in [1.807, 2.05) is 0 Å². The van der Waals surface area contributed by atoms with E-state index < -0.39 is 0 Å². The number of fused-ring (bicyclic) bond motifs is 5. The molecule has 0 aliphatic carbocycles. The second-order valence-electron chi connectivity index (χ2n) is 9.33. The lowest BCUT2D eigenvalue weighted by atomic mass is 9.81. The molecule has 30 heavy (non-hydrogen) atoms. The van der Waals surface area contributed by atoms with Crippen molar-refractivity contribution in [2.75, 3.05) is 33.2 Å². The first kappa shape index (κ1) is 18.1. The summed E-state index contributed by atoms with van der Waals surface area (Å²) in [6.45, 7) is 2.94. The van der Waals surface area contributed by atoms with Gasteiger partial charge in [0.05, 0.1) is 7.05 Å². The van der Waals surface area contributed by atoms with Gasteiger partial charge in [-0.05, 0) is 26.0 Å². The van der Waals surface area contributed by atoms with Crippen molar-refractivity contribution in [1.29, 1.82) is 0 Å². The van der Waals surface area contributed by atoms with Crippen LogP contribution in [0, 0.1) is 0 Å². The van der Waals surface area contributed by atoms with Gasteiger partial charge in [-0.1, -0.05) is 84.9 Å². The summed E-state index contributed by atoms with van der Waals surface area (Å²) in [5, 5.41) is 4.88. The van der Waals surface area contributed by atoms with Gasteiger partial charge < -0.3 is 4.48 Å². The molecule has 7 rings (SSSR count). The Labute approximate surface area is 176 Å². The minimum atomic E-state index is -0.351. The molecular formula is C27H27FN2+2. The summed E-state index contributed by atoms with van der Waals surface area (Å²) in [6, 6.07) is 29.9. The second-order valence-corrected chi connectivity index (χ2v) is 9.33. The largest absolute Gasteiger partial charge is 0.305 e. The number of likely N-dealkylation sites (N-methyl/N-ethyl adjacent to an activating group) is 1. The minimum absolute atomic E-state index is 0.0920. The summed E-state index contributed by atoms with van der Waals surface area (Å²) < 4.78 is 17.2. The van der Waals surface area contributed by atoms with Crippen molar-refractivity contribution in [2.24, 2.45) is 0 Å². The third-order valence-electron chi connectivity index (χ3n) is 7.72. The zero-order chi connectivity index (χ0) is 20.3. The van der Waals surface area contributed by atoms with Crippen molar-refractivity contribution >= 4 is 21.5 Å². The smallest absolute Gasteiger partial charge is 0.207 e. The van der Waals surface area contributed by atoms with Crippen molar-refractivity contribution in [3.8, 4) is 0 Å². The van der Waals surface area contributed by atoms with Crippen LogP contribution in [0.5, 0.6) is 0 Å². The quantitative estimate of drug-likeness (QED) is 0.289. The Morgan fingerprint density at radius 3 is 1.63 bits per heavy atom. The molecule has 0 saturated carbocycles. The molecule has 0 N–H and O–H groups in total. The normalized spacial score (nSPS) is 30.7. The molecule has 2 unspecified atom stereocenters. The maximum absolute atomic E-state index is 16.7. The Morgan fingerprint density at radius 2 is 1.07 bits per heavy atom. The van der Waals surface area contributed by atoms with Gasteiger partial charge in [-0.25, -0.2) is 0 Å². The van der Waals surface area contributed by atoms with Gasteiger partial charge in [0.15, 0.2) is 19.1 Å². The zero-order valence-corrected chi connectivity index (χ0v) is 17.3. The topological polar surface area (TPSA) is 0 Å². The van der Waals surface area contributed by atoms with E-state index in [9.17, 15) is 0 Å². The van der Waals surface area contributed by atoms with Gasteiger partial charge in [0.1, 0.15) is 13.1 Å². The summed E-state index contributed by atoms with van der Waals surface area (Å²) in [6.07, 6.45) is 0. The highest BCUT2D eigenvalue weighted by Gasteiger charge is 2.63. The van der Waals surface area contributed by atoms with Crippen LogP contribution in [0.3, 0.4) is 0 Å². The molecule has 2 atom stereocenters. The third-order valence-corrected chi connectivity index (χ3v) is 7.72. The van der Waals surface area contributed by atoms with Gasteiger partial charge in [0, 0.05) is 11.1 Å². The van der Waals surface area contributed by atoms with Crippen molar-refractivity contribution in [1.82, 2.24) is 0 Å². The van der Waals surface area contributed by atoms with E-state index in [1.54, 1.807) is 0 Å². The molecule has 4 aromatic rings. The number of hydrogen-bond donors (Lipinski definition) is 0. The highest BCUT2D eigenvalue weighted by Crippen LogP contribution is 2.54. The van der Waals surface area contributed by atoms with Crippen molar-refractivity contribution < 1.29 is 13.7 Å². The highest BCUT2D eigenvalue weighted by atomic mass is 19.2. The summed E-state index contributed by atoms with van der Waals surface area (Å²) in [5.41, 5.74) is 2.44. The Balaban J connectivity index is 1.65. The van der Waals surface area contributed by atoms with Crippen LogP contribution in [0.1, 0.15) is 23.2 Å². The predicted octanol–water partition coefficient (Wildman–Crippen LogP) is 5.95. The Kier molecular flexibility index (Phi) is 3.83. The lowest BCUT2D eigenvalue weighted by Gasteiger charge is -2.57. The van der Waals surface area contributed by atoms with Crippen molar-refractivity contribution in [3.63, 3.8) is 0 Å². The van der Waals surface area contributed by atoms with Gasteiger partial charge >= 0.3 is 0 Å². The number of rotatable bonds is 2. The molecule has 0 radical (unpaired) electrons. The summed E-state index contributed by atoms with van der Waals surface area (Å²) in [5.74, 6) is 0. The fourth-order valence-corrected chi connectivity index (χ4v) is 6.11. The Hall–Kier alpha value is -2.75. The van der Waals surface area contributed by atoms with E-state index in [0.29, 0.717) is 13.1 Å². The summed E-state index contributed by atoms with van der Waals surface area (Å²) >= 11 is 0. The number of nitrogens with zero attached hydrogens (tertiary/aromatic N) is 2. The van der Waals surface area contributed by atoms with E-state index in [4.69, 9.17) is 0 Å². The number of hydrogen-bond acceptors (Lipinski definition) is 0. The van der Waals surface area contributed by atoms with Crippen LogP contribution in [0.2, 0.25) is 0 Å². The SMILES string of the molecule is C[N+]12CC[N+](F)(CC1)C(c1cccc3ccccc13)C2c1cccc2ccccc12. The number of piperazine rings is 3. The summed E-state index contributed by atoms with van der Waals surface area (Å²) in [4.78, 5) is 0. The van der Waals surface area contributed by atoms with Crippen LogP contribution in [0.25, 0.3) is 21.5 Å². The third kappa shape index (κ3) is 2.49. The summed E-state index contributed by atoms with van der Waals surface area (Å²) in [7, 11) is 2.34. The second kappa shape index (κ2) is 6.37. The molecule has 3 saturated heterocycles. The van der Waals surface area contributed by atoms with E-state index >= 15 is 4.48 Å². The van der Waals surface area contributed by atoms with E-state index in [2.05, 4.69) is 92.0 Å². The molecule has 3 fully saturated rings. The van der Waals surface area contributed by atoms with Crippen LogP contribution < -0.4 is 0 Å². The molecule has 3 aliphatic heterocycles. The molecule has 2 bridgehead atoms. The molecule has 3 aliphatic rings. The van der Waals surface area contributed by atoms with Crippen molar-refractivity contribution in [2.45, 2.75) is 12.1 Å². The van der Waals surface area contributed by atoms with Gasteiger partial charge in [-0.3, -0.25) is 0 Å². The average Bonchev–Trinajstić information content (AvgIpc) is 2.79. The Morgan fingerprint density at radius 1 is 0.600 bits per heavy atom. The van der Waals surface area contributed by atoms with E-state index in [0.717, 1.165) is 23.1 Å². The standard InChI is InChI=1S/C27H27FN2/c1-29-16-18-30(28,19-17-29)27(25-15-7-11-21-9-3-5-13-23(21)25)26(29)24-14-6-10-20-8-2-4-12-22(20)24/h2-15,26-27H,16-19H2,1H3/q+2. The molecular weight excluding hydrogens is 371 g/mol. The lowest BCUT2D eigenvalue weighted by Crippen LogP contribution is -2.72. The Bertz CT molecular complexity index is 1150.